The fourth-order valence-corrected chi connectivity index (χ4v) is 3.92. The van der Waals surface area contributed by atoms with E-state index in [-0.39, 0.29) is 11.8 Å². The molecule has 2 aliphatic heterocycles. The summed E-state index contributed by atoms with van der Waals surface area (Å²) in [4.78, 5) is 31.0. The van der Waals surface area contributed by atoms with Crippen LogP contribution in [0.15, 0.2) is 24.3 Å². The van der Waals surface area contributed by atoms with Gasteiger partial charge in [-0.05, 0) is 31.0 Å². The molecule has 0 radical (unpaired) electrons. The number of ether oxygens (including phenoxy) is 1. The topological polar surface area (TPSA) is 53.1 Å². The molecule has 7 heteroatoms. The lowest BCUT2D eigenvalue weighted by Gasteiger charge is -2.35. The quantitative estimate of drug-likeness (QED) is 0.727. The SMILES string of the molecule is O=C(CCOc1cccc(Cl)c1)N1CCN(CC(=O)N2CCCCCC2)CC1. The van der Waals surface area contributed by atoms with Gasteiger partial charge < -0.3 is 14.5 Å². The van der Waals surface area contributed by atoms with Crippen LogP contribution in [-0.2, 0) is 9.59 Å². The van der Waals surface area contributed by atoms with E-state index in [1.807, 2.05) is 21.9 Å². The zero-order valence-corrected chi connectivity index (χ0v) is 17.2. The molecule has 2 fully saturated rings. The highest BCUT2D eigenvalue weighted by Crippen LogP contribution is 2.17. The van der Waals surface area contributed by atoms with Gasteiger partial charge in [-0.2, -0.15) is 0 Å². The largest absolute Gasteiger partial charge is 0.493 e. The summed E-state index contributed by atoms with van der Waals surface area (Å²) in [5.74, 6) is 1.01. The average molecular weight is 408 g/mol. The van der Waals surface area contributed by atoms with Gasteiger partial charge in [-0.3, -0.25) is 14.5 Å². The molecule has 0 saturated carbocycles. The molecule has 2 amide bonds. The van der Waals surface area contributed by atoms with E-state index in [0.717, 1.165) is 39.0 Å². The Kier molecular flexibility index (Phi) is 7.98. The average Bonchev–Trinajstić information content (AvgIpc) is 2.98. The number of likely N-dealkylation sites (tertiary alicyclic amines) is 1. The second-order valence-electron chi connectivity index (χ2n) is 7.51. The first-order chi connectivity index (χ1) is 13.6. The van der Waals surface area contributed by atoms with Crippen molar-refractivity contribution in [3.8, 4) is 5.75 Å². The van der Waals surface area contributed by atoms with E-state index in [4.69, 9.17) is 16.3 Å². The third-order valence-corrected chi connectivity index (χ3v) is 5.66. The van der Waals surface area contributed by atoms with Gasteiger partial charge in [0.15, 0.2) is 0 Å². The van der Waals surface area contributed by atoms with Crippen molar-refractivity contribution in [3.05, 3.63) is 29.3 Å². The van der Waals surface area contributed by atoms with Crippen LogP contribution in [0.25, 0.3) is 0 Å². The van der Waals surface area contributed by atoms with E-state index in [2.05, 4.69) is 4.90 Å². The van der Waals surface area contributed by atoms with Crippen LogP contribution < -0.4 is 4.74 Å². The summed E-state index contributed by atoms with van der Waals surface area (Å²) in [5, 5.41) is 0.620. The minimum absolute atomic E-state index is 0.0977. The number of nitrogens with zero attached hydrogens (tertiary/aromatic N) is 3. The molecule has 0 aliphatic carbocycles. The summed E-state index contributed by atoms with van der Waals surface area (Å²) >= 11 is 5.93. The smallest absolute Gasteiger partial charge is 0.236 e. The van der Waals surface area contributed by atoms with Gasteiger partial charge >= 0.3 is 0 Å². The van der Waals surface area contributed by atoms with Crippen molar-refractivity contribution in [1.29, 1.82) is 0 Å². The summed E-state index contributed by atoms with van der Waals surface area (Å²) in [5.41, 5.74) is 0. The van der Waals surface area contributed by atoms with Crippen molar-refractivity contribution in [1.82, 2.24) is 14.7 Å². The molecule has 0 N–H and O–H groups in total. The number of piperazine rings is 1. The lowest BCUT2D eigenvalue weighted by Crippen LogP contribution is -2.51. The Labute approximate surface area is 172 Å². The van der Waals surface area contributed by atoms with Gasteiger partial charge in [-0.1, -0.05) is 30.5 Å². The van der Waals surface area contributed by atoms with Crippen molar-refractivity contribution >= 4 is 23.4 Å². The zero-order valence-electron chi connectivity index (χ0n) is 16.4. The first-order valence-corrected chi connectivity index (χ1v) is 10.7. The Morgan fingerprint density at radius 3 is 2.25 bits per heavy atom. The maximum Gasteiger partial charge on any atom is 0.236 e. The minimum Gasteiger partial charge on any atom is -0.493 e. The summed E-state index contributed by atoms with van der Waals surface area (Å²) in [6, 6.07) is 7.19. The molecule has 1 aromatic carbocycles. The fourth-order valence-electron chi connectivity index (χ4n) is 3.74. The van der Waals surface area contributed by atoms with Gasteiger partial charge in [0.1, 0.15) is 5.75 Å². The second-order valence-corrected chi connectivity index (χ2v) is 7.94. The number of hydrogen-bond donors (Lipinski definition) is 0. The van der Waals surface area contributed by atoms with Crippen LogP contribution >= 0.6 is 11.6 Å². The van der Waals surface area contributed by atoms with Gasteiger partial charge in [0.25, 0.3) is 0 Å². The molecule has 28 heavy (non-hydrogen) atoms. The Bertz CT molecular complexity index is 654. The molecular weight excluding hydrogens is 378 g/mol. The van der Waals surface area contributed by atoms with E-state index in [0.29, 0.717) is 43.4 Å². The Balaban J connectivity index is 1.35. The highest BCUT2D eigenvalue weighted by molar-refractivity contribution is 6.30. The Hall–Kier alpha value is -1.79. The number of amides is 2. The zero-order chi connectivity index (χ0) is 19.8. The normalized spacial score (nSPS) is 18.6. The molecule has 3 rings (SSSR count). The molecule has 0 bridgehead atoms. The molecule has 0 atom stereocenters. The first kappa shape index (κ1) is 20.9. The highest BCUT2D eigenvalue weighted by Gasteiger charge is 2.24. The van der Waals surface area contributed by atoms with E-state index < -0.39 is 0 Å². The van der Waals surface area contributed by atoms with Gasteiger partial charge in [0.05, 0.1) is 19.6 Å². The third-order valence-electron chi connectivity index (χ3n) is 5.42. The van der Waals surface area contributed by atoms with Crippen molar-refractivity contribution in [2.45, 2.75) is 32.1 Å². The molecule has 2 heterocycles. The molecule has 2 saturated heterocycles. The van der Waals surface area contributed by atoms with E-state index in [9.17, 15) is 9.59 Å². The molecule has 154 valence electrons. The van der Waals surface area contributed by atoms with Crippen LogP contribution in [0.3, 0.4) is 0 Å². The maximum absolute atomic E-state index is 12.5. The summed E-state index contributed by atoms with van der Waals surface area (Å²) in [6.07, 6.45) is 5.03. The lowest BCUT2D eigenvalue weighted by atomic mass is 10.2. The number of rotatable bonds is 6. The molecule has 1 aromatic rings. The molecular formula is C21H30ClN3O3. The van der Waals surface area contributed by atoms with E-state index >= 15 is 0 Å². The minimum atomic E-state index is 0.0977. The lowest BCUT2D eigenvalue weighted by molar-refractivity contribution is -0.135. The van der Waals surface area contributed by atoms with Crippen molar-refractivity contribution in [2.24, 2.45) is 0 Å². The van der Waals surface area contributed by atoms with Crippen LogP contribution in [0.1, 0.15) is 32.1 Å². The fraction of sp³-hybridized carbons (Fsp3) is 0.619. The van der Waals surface area contributed by atoms with Crippen LogP contribution in [0, 0.1) is 0 Å². The Morgan fingerprint density at radius 2 is 1.57 bits per heavy atom. The number of halogens is 1. The van der Waals surface area contributed by atoms with Crippen LogP contribution in [0.2, 0.25) is 5.02 Å². The molecule has 6 nitrogen and oxygen atoms in total. The maximum atomic E-state index is 12.5. The summed E-state index contributed by atoms with van der Waals surface area (Å²) in [7, 11) is 0. The highest BCUT2D eigenvalue weighted by atomic mass is 35.5. The first-order valence-electron chi connectivity index (χ1n) is 10.3. The van der Waals surface area contributed by atoms with Gasteiger partial charge in [-0.25, -0.2) is 0 Å². The van der Waals surface area contributed by atoms with Crippen molar-refractivity contribution in [2.75, 3.05) is 52.4 Å². The number of hydrogen-bond acceptors (Lipinski definition) is 4. The van der Waals surface area contributed by atoms with Crippen molar-refractivity contribution in [3.63, 3.8) is 0 Å². The van der Waals surface area contributed by atoms with Gasteiger partial charge in [-0.15, -0.1) is 0 Å². The van der Waals surface area contributed by atoms with E-state index in [1.54, 1.807) is 12.1 Å². The molecule has 0 unspecified atom stereocenters. The van der Waals surface area contributed by atoms with Crippen LogP contribution in [0.4, 0.5) is 0 Å². The predicted octanol–water partition coefficient (Wildman–Crippen LogP) is 2.66. The number of benzene rings is 1. The molecule has 0 spiro atoms. The number of carbonyl (C=O) groups excluding carboxylic acids is 2. The molecule has 2 aliphatic rings. The standard InChI is InChI=1S/C21H30ClN3O3/c22-18-6-5-7-19(16-18)28-15-8-20(26)25-13-11-23(12-14-25)17-21(27)24-9-3-1-2-4-10-24/h5-7,16H,1-4,8-15,17H2. The van der Waals surface area contributed by atoms with Gasteiger partial charge in [0, 0.05) is 44.3 Å². The third kappa shape index (κ3) is 6.38. The predicted molar refractivity (Wildman–Crippen MR) is 110 cm³/mol. The summed E-state index contributed by atoms with van der Waals surface area (Å²) in [6.45, 7) is 5.44. The van der Waals surface area contributed by atoms with Crippen LogP contribution in [-0.4, -0.2) is 78.9 Å². The monoisotopic (exact) mass is 407 g/mol. The molecule has 0 aromatic heterocycles. The van der Waals surface area contributed by atoms with Crippen molar-refractivity contribution < 1.29 is 14.3 Å². The second kappa shape index (κ2) is 10.7. The number of carbonyl (C=O) groups is 2. The Morgan fingerprint density at radius 1 is 0.893 bits per heavy atom. The van der Waals surface area contributed by atoms with Gasteiger partial charge in [0.2, 0.25) is 11.8 Å². The van der Waals surface area contributed by atoms with E-state index in [1.165, 1.54) is 12.8 Å². The summed E-state index contributed by atoms with van der Waals surface area (Å²) < 4.78 is 5.61. The van der Waals surface area contributed by atoms with Crippen LogP contribution in [0.5, 0.6) is 5.75 Å².